The molecule has 6 nitrogen and oxygen atoms in total. The Kier molecular flexibility index (Phi) is 49.7. The minimum Gasteiger partial charge on any atom is -0.462 e. The Morgan fingerprint density at radius 3 is 0.656 bits per heavy atom. The molecule has 362 valence electrons. The Morgan fingerprint density at radius 2 is 0.443 bits per heavy atom. The van der Waals surface area contributed by atoms with Crippen LogP contribution in [-0.2, 0) is 28.6 Å². The van der Waals surface area contributed by atoms with Crippen molar-refractivity contribution in [3.05, 3.63) is 0 Å². The molecule has 0 saturated carbocycles. The number of carbonyl (C=O) groups is 3. The van der Waals surface area contributed by atoms with E-state index in [1.54, 1.807) is 0 Å². The van der Waals surface area contributed by atoms with Gasteiger partial charge in [0.05, 0.1) is 0 Å². The van der Waals surface area contributed by atoms with Crippen LogP contribution in [0.5, 0.6) is 0 Å². The molecule has 0 aliphatic carbocycles. The molecule has 0 N–H and O–H groups in total. The molecule has 0 heterocycles. The molecule has 0 aliphatic rings. The predicted octanol–water partition coefficient (Wildman–Crippen LogP) is 18.0. The van der Waals surface area contributed by atoms with Crippen LogP contribution >= 0.6 is 0 Å². The minimum absolute atomic E-state index is 0.0614. The lowest BCUT2D eigenvalue weighted by molar-refractivity contribution is -0.167. The van der Waals surface area contributed by atoms with Gasteiger partial charge < -0.3 is 14.2 Å². The first kappa shape index (κ1) is 59.4. The van der Waals surface area contributed by atoms with Gasteiger partial charge in [0.1, 0.15) is 13.2 Å². The Morgan fingerprint density at radius 1 is 0.262 bits per heavy atom. The summed E-state index contributed by atoms with van der Waals surface area (Å²) in [5, 5.41) is 0. The Labute approximate surface area is 380 Å². The standard InChI is InChI=1S/C55H106O6/c1-4-7-10-13-16-19-22-25-27-28-29-31-34-37-40-43-46-49-55(58)61-52(50-59-53(56)47-44-41-38-35-32-24-21-18-15-12-9-6-3)51-60-54(57)48-45-42-39-36-33-30-26-23-20-17-14-11-8-5-2/h52H,4-51H2,1-3H3/t52-/m1/s1. The number of rotatable bonds is 51. The van der Waals surface area contributed by atoms with Crippen LogP contribution in [0.15, 0.2) is 0 Å². The summed E-state index contributed by atoms with van der Waals surface area (Å²) in [6, 6.07) is 0. The largest absolute Gasteiger partial charge is 0.462 e. The lowest BCUT2D eigenvalue weighted by Crippen LogP contribution is -2.30. The Bertz CT molecular complexity index is 905. The highest BCUT2D eigenvalue weighted by molar-refractivity contribution is 5.71. The van der Waals surface area contributed by atoms with E-state index in [-0.39, 0.29) is 31.1 Å². The summed E-state index contributed by atoms with van der Waals surface area (Å²) in [7, 11) is 0. The molecule has 0 rings (SSSR count). The maximum Gasteiger partial charge on any atom is 0.306 e. The zero-order valence-corrected chi connectivity index (χ0v) is 41.5. The van der Waals surface area contributed by atoms with Crippen molar-refractivity contribution < 1.29 is 28.6 Å². The van der Waals surface area contributed by atoms with Crippen molar-refractivity contribution in [2.24, 2.45) is 0 Å². The molecule has 0 aromatic rings. The van der Waals surface area contributed by atoms with E-state index < -0.39 is 6.10 Å². The summed E-state index contributed by atoms with van der Waals surface area (Å²) in [6.45, 7) is 6.69. The first-order chi connectivity index (χ1) is 30.0. The fraction of sp³-hybridized carbons (Fsp3) is 0.945. The van der Waals surface area contributed by atoms with Gasteiger partial charge in [-0.3, -0.25) is 14.4 Å². The molecule has 0 aromatic heterocycles. The highest BCUT2D eigenvalue weighted by atomic mass is 16.6. The molecule has 0 saturated heterocycles. The second-order valence-corrected chi connectivity index (χ2v) is 18.9. The number of unbranched alkanes of at least 4 members (excludes halogenated alkanes) is 40. The smallest absolute Gasteiger partial charge is 0.306 e. The van der Waals surface area contributed by atoms with Crippen molar-refractivity contribution in [1.82, 2.24) is 0 Å². The molecule has 6 heteroatoms. The molecular weight excluding hydrogens is 757 g/mol. The van der Waals surface area contributed by atoms with E-state index in [2.05, 4.69) is 20.8 Å². The van der Waals surface area contributed by atoms with Crippen LogP contribution in [0.3, 0.4) is 0 Å². The van der Waals surface area contributed by atoms with Gasteiger partial charge in [-0.2, -0.15) is 0 Å². The normalized spacial score (nSPS) is 11.9. The van der Waals surface area contributed by atoms with Crippen molar-refractivity contribution in [1.29, 1.82) is 0 Å². The topological polar surface area (TPSA) is 78.9 Å². The van der Waals surface area contributed by atoms with Gasteiger partial charge in [0.15, 0.2) is 6.10 Å². The van der Waals surface area contributed by atoms with Crippen molar-refractivity contribution >= 4 is 17.9 Å². The SMILES string of the molecule is CCCCCCCCCCCCCCCCCCCC(=O)O[C@H](COC(=O)CCCCCCCCCCCCCC)COC(=O)CCCCCCCCCCCCCCCC. The molecule has 0 unspecified atom stereocenters. The van der Waals surface area contributed by atoms with Crippen molar-refractivity contribution in [2.75, 3.05) is 13.2 Å². The average Bonchev–Trinajstić information content (AvgIpc) is 3.26. The lowest BCUT2D eigenvalue weighted by Gasteiger charge is -2.18. The van der Waals surface area contributed by atoms with Crippen molar-refractivity contribution in [2.45, 2.75) is 322 Å². The average molecular weight is 863 g/mol. The zero-order valence-electron chi connectivity index (χ0n) is 41.5. The van der Waals surface area contributed by atoms with Crippen molar-refractivity contribution in [3.8, 4) is 0 Å². The fourth-order valence-corrected chi connectivity index (χ4v) is 8.45. The van der Waals surface area contributed by atoms with Gasteiger partial charge in [0, 0.05) is 19.3 Å². The molecule has 0 radical (unpaired) electrons. The van der Waals surface area contributed by atoms with E-state index in [0.29, 0.717) is 19.3 Å². The van der Waals surface area contributed by atoms with Crippen LogP contribution in [0.25, 0.3) is 0 Å². The highest BCUT2D eigenvalue weighted by Crippen LogP contribution is 2.17. The van der Waals surface area contributed by atoms with Gasteiger partial charge in [-0.1, -0.05) is 278 Å². The second-order valence-electron chi connectivity index (χ2n) is 18.9. The Balaban J connectivity index is 4.29. The van der Waals surface area contributed by atoms with E-state index in [1.807, 2.05) is 0 Å². The summed E-state index contributed by atoms with van der Waals surface area (Å²) in [4.78, 5) is 38.0. The number of carbonyl (C=O) groups excluding carboxylic acids is 3. The zero-order chi connectivity index (χ0) is 44.4. The van der Waals surface area contributed by atoms with Crippen LogP contribution in [0, 0.1) is 0 Å². The molecule has 0 spiro atoms. The predicted molar refractivity (Wildman–Crippen MR) is 261 cm³/mol. The first-order valence-corrected chi connectivity index (χ1v) is 27.5. The minimum atomic E-state index is -0.760. The molecular formula is C55H106O6. The summed E-state index contributed by atoms with van der Waals surface area (Å²) in [5.74, 6) is -0.836. The maximum absolute atomic E-state index is 12.8. The van der Waals surface area contributed by atoms with Crippen LogP contribution in [-0.4, -0.2) is 37.2 Å². The van der Waals surface area contributed by atoms with Crippen LogP contribution in [0.2, 0.25) is 0 Å². The van der Waals surface area contributed by atoms with Gasteiger partial charge >= 0.3 is 17.9 Å². The van der Waals surface area contributed by atoms with Crippen LogP contribution in [0.4, 0.5) is 0 Å². The summed E-state index contributed by atoms with van der Waals surface area (Å²) < 4.78 is 16.8. The van der Waals surface area contributed by atoms with Gasteiger partial charge in [-0.15, -0.1) is 0 Å². The van der Waals surface area contributed by atoms with E-state index in [0.717, 1.165) is 57.8 Å². The van der Waals surface area contributed by atoms with Gasteiger partial charge in [-0.05, 0) is 19.3 Å². The third kappa shape index (κ3) is 49.3. The van der Waals surface area contributed by atoms with E-state index in [4.69, 9.17) is 14.2 Å². The number of esters is 3. The van der Waals surface area contributed by atoms with E-state index >= 15 is 0 Å². The van der Waals surface area contributed by atoms with Crippen LogP contribution in [0.1, 0.15) is 316 Å². The molecule has 0 aliphatic heterocycles. The van der Waals surface area contributed by atoms with Gasteiger partial charge in [0.25, 0.3) is 0 Å². The van der Waals surface area contributed by atoms with Gasteiger partial charge in [-0.25, -0.2) is 0 Å². The first-order valence-electron chi connectivity index (χ1n) is 27.5. The Hall–Kier alpha value is -1.59. The fourth-order valence-electron chi connectivity index (χ4n) is 8.45. The third-order valence-corrected chi connectivity index (χ3v) is 12.6. The third-order valence-electron chi connectivity index (χ3n) is 12.6. The quantitative estimate of drug-likeness (QED) is 0.0344. The number of hydrogen-bond donors (Lipinski definition) is 0. The summed E-state index contributed by atoms with van der Waals surface area (Å²) in [6.07, 6.45) is 55.1. The summed E-state index contributed by atoms with van der Waals surface area (Å²) in [5.41, 5.74) is 0. The molecule has 0 amide bonds. The van der Waals surface area contributed by atoms with Gasteiger partial charge in [0.2, 0.25) is 0 Å². The van der Waals surface area contributed by atoms with Crippen LogP contribution < -0.4 is 0 Å². The highest BCUT2D eigenvalue weighted by Gasteiger charge is 2.19. The monoisotopic (exact) mass is 863 g/mol. The van der Waals surface area contributed by atoms with E-state index in [1.165, 1.54) is 218 Å². The molecule has 1 atom stereocenters. The molecule has 0 aromatic carbocycles. The number of hydrogen-bond acceptors (Lipinski definition) is 6. The lowest BCUT2D eigenvalue weighted by atomic mass is 10.0. The molecule has 0 bridgehead atoms. The maximum atomic E-state index is 12.8. The van der Waals surface area contributed by atoms with E-state index in [9.17, 15) is 14.4 Å². The van der Waals surface area contributed by atoms with Crippen molar-refractivity contribution in [3.63, 3.8) is 0 Å². The second kappa shape index (κ2) is 51.0. The number of ether oxygens (including phenoxy) is 3. The summed E-state index contributed by atoms with van der Waals surface area (Å²) >= 11 is 0. The molecule has 0 fully saturated rings. The molecule has 61 heavy (non-hydrogen) atoms.